The van der Waals surface area contributed by atoms with Crippen molar-refractivity contribution in [3.05, 3.63) is 65.5 Å². The van der Waals surface area contributed by atoms with Crippen LogP contribution >= 0.6 is 0 Å². The topological polar surface area (TPSA) is 101 Å². The fraction of sp³-hybridized carbons (Fsp3) is 0.409. The van der Waals surface area contributed by atoms with Crippen molar-refractivity contribution in [1.82, 2.24) is 9.21 Å². The Hall–Kier alpha value is -2.50. The van der Waals surface area contributed by atoms with Crippen LogP contribution in [0, 0.1) is 5.82 Å². The van der Waals surface area contributed by atoms with E-state index in [2.05, 4.69) is 0 Å². The van der Waals surface area contributed by atoms with Crippen molar-refractivity contribution in [1.29, 1.82) is 0 Å². The molecule has 33 heavy (non-hydrogen) atoms. The number of piperazine rings is 1. The predicted molar refractivity (Wildman–Crippen MR) is 121 cm³/mol. The van der Waals surface area contributed by atoms with E-state index in [1.165, 1.54) is 16.4 Å². The molecule has 2 fully saturated rings. The number of amides is 1. The van der Waals surface area contributed by atoms with E-state index >= 15 is 0 Å². The molecule has 2 heterocycles. The third-order valence-corrected chi connectivity index (χ3v) is 10.2. The number of rotatable bonds is 6. The number of halogens is 1. The molecule has 0 aliphatic carbocycles. The largest absolute Gasteiger partial charge is 0.488 e. The van der Waals surface area contributed by atoms with Gasteiger partial charge >= 0.3 is 0 Å². The van der Waals surface area contributed by atoms with E-state index in [-0.39, 0.29) is 62.4 Å². The number of para-hydroxylation sites is 1. The second-order valence-corrected chi connectivity index (χ2v) is 12.6. The maximum absolute atomic E-state index is 13.1. The van der Waals surface area contributed by atoms with Crippen molar-refractivity contribution in [3.8, 4) is 5.75 Å². The Bertz CT molecular complexity index is 1220. The molecular formula is C22H25FN2O6S2. The number of sulfone groups is 1. The highest BCUT2D eigenvalue weighted by atomic mass is 32.2. The van der Waals surface area contributed by atoms with Crippen LogP contribution < -0.4 is 4.74 Å². The van der Waals surface area contributed by atoms with Crippen molar-refractivity contribution in [2.75, 3.05) is 37.7 Å². The van der Waals surface area contributed by atoms with Crippen LogP contribution in [0.5, 0.6) is 5.75 Å². The summed E-state index contributed by atoms with van der Waals surface area (Å²) in [7, 11) is -7.05. The fourth-order valence-electron chi connectivity index (χ4n) is 4.03. The summed E-state index contributed by atoms with van der Waals surface area (Å²) in [6.07, 6.45) is 0.114. The van der Waals surface area contributed by atoms with E-state index in [1.807, 2.05) is 0 Å². The minimum Gasteiger partial charge on any atom is -0.488 e. The molecule has 2 aliphatic heterocycles. The van der Waals surface area contributed by atoms with Crippen LogP contribution in [0.1, 0.15) is 22.3 Å². The maximum atomic E-state index is 13.1. The number of hydrogen-bond acceptors (Lipinski definition) is 6. The van der Waals surface area contributed by atoms with Crippen LogP contribution in [0.2, 0.25) is 0 Å². The molecule has 1 atom stereocenters. The summed E-state index contributed by atoms with van der Waals surface area (Å²) in [6, 6.07) is 12.7. The first-order chi connectivity index (χ1) is 15.7. The van der Waals surface area contributed by atoms with E-state index < -0.39 is 25.1 Å². The lowest BCUT2D eigenvalue weighted by molar-refractivity contribution is 0.0692. The van der Waals surface area contributed by atoms with Crippen molar-refractivity contribution in [3.63, 3.8) is 0 Å². The zero-order valence-electron chi connectivity index (χ0n) is 17.9. The van der Waals surface area contributed by atoms with E-state index in [9.17, 15) is 26.0 Å². The van der Waals surface area contributed by atoms with Gasteiger partial charge in [0.25, 0.3) is 5.91 Å². The molecule has 178 valence electrons. The molecule has 2 aromatic carbocycles. The first-order valence-electron chi connectivity index (χ1n) is 10.6. The van der Waals surface area contributed by atoms with Crippen molar-refractivity contribution in [2.45, 2.75) is 18.3 Å². The summed E-state index contributed by atoms with van der Waals surface area (Å²) >= 11 is 0. The molecular weight excluding hydrogens is 471 g/mol. The van der Waals surface area contributed by atoms with E-state index in [4.69, 9.17) is 4.74 Å². The third kappa shape index (κ3) is 5.36. The molecule has 0 aromatic heterocycles. The summed E-state index contributed by atoms with van der Waals surface area (Å²) in [6.45, 7) is 0.793. The lowest BCUT2D eigenvalue weighted by Gasteiger charge is -2.35. The van der Waals surface area contributed by atoms with Gasteiger partial charge in [-0.05, 0) is 36.2 Å². The maximum Gasteiger partial charge on any atom is 0.257 e. The number of benzene rings is 2. The van der Waals surface area contributed by atoms with Crippen LogP contribution in [-0.4, -0.2) is 74.9 Å². The van der Waals surface area contributed by atoms with Gasteiger partial charge in [0.15, 0.2) is 9.84 Å². The Morgan fingerprint density at radius 2 is 1.70 bits per heavy atom. The average molecular weight is 497 g/mol. The minimum absolute atomic E-state index is 0.107. The van der Waals surface area contributed by atoms with Crippen LogP contribution in [0.15, 0.2) is 48.5 Å². The van der Waals surface area contributed by atoms with Gasteiger partial charge in [-0.2, -0.15) is 4.31 Å². The Morgan fingerprint density at radius 1 is 1.03 bits per heavy atom. The number of nitrogens with zero attached hydrogens (tertiary/aromatic N) is 2. The van der Waals surface area contributed by atoms with Gasteiger partial charge in [0.1, 0.15) is 18.2 Å². The highest BCUT2D eigenvalue weighted by Crippen LogP contribution is 2.25. The van der Waals surface area contributed by atoms with E-state index in [0.29, 0.717) is 11.3 Å². The van der Waals surface area contributed by atoms with E-state index in [0.717, 1.165) is 5.56 Å². The van der Waals surface area contributed by atoms with E-state index in [1.54, 1.807) is 41.3 Å². The molecule has 2 aliphatic rings. The summed E-state index contributed by atoms with van der Waals surface area (Å²) in [5, 5.41) is -0.912. The first kappa shape index (κ1) is 23.7. The third-order valence-electron chi connectivity index (χ3n) is 5.92. The van der Waals surface area contributed by atoms with Crippen LogP contribution in [0.4, 0.5) is 4.39 Å². The molecule has 2 aromatic rings. The fourth-order valence-corrected chi connectivity index (χ4v) is 8.55. The molecule has 11 heteroatoms. The van der Waals surface area contributed by atoms with Gasteiger partial charge in [-0.1, -0.05) is 24.3 Å². The quantitative estimate of drug-likeness (QED) is 0.603. The zero-order valence-corrected chi connectivity index (χ0v) is 19.5. The number of carbonyl (C=O) groups is 1. The Balaban J connectivity index is 1.39. The second kappa shape index (κ2) is 9.40. The molecule has 4 rings (SSSR count). The molecule has 2 saturated heterocycles. The van der Waals surface area contributed by atoms with Gasteiger partial charge in [0.2, 0.25) is 10.0 Å². The average Bonchev–Trinajstić information content (AvgIpc) is 3.19. The van der Waals surface area contributed by atoms with Crippen molar-refractivity contribution >= 4 is 25.8 Å². The number of carbonyl (C=O) groups excluding carboxylic acids is 1. The smallest absolute Gasteiger partial charge is 0.257 e. The number of sulfonamides is 1. The zero-order chi connectivity index (χ0) is 23.6. The summed E-state index contributed by atoms with van der Waals surface area (Å²) < 4.78 is 69.2. The first-order valence-corrected chi connectivity index (χ1v) is 13.9. The van der Waals surface area contributed by atoms with Gasteiger partial charge < -0.3 is 9.64 Å². The van der Waals surface area contributed by atoms with Crippen LogP contribution in [-0.2, 0) is 26.5 Å². The lowest BCUT2D eigenvalue weighted by atomic mass is 10.1. The SMILES string of the molecule is O=C(c1ccccc1OCc1ccc(F)cc1)N1CCN(S(=O)(=O)[C@@H]2CCS(=O)(=O)C2)CC1. The Morgan fingerprint density at radius 3 is 2.33 bits per heavy atom. The van der Waals surface area contributed by atoms with Gasteiger partial charge in [-0.25, -0.2) is 21.2 Å². The molecule has 0 bridgehead atoms. The molecule has 0 unspecified atom stereocenters. The summed E-state index contributed by atoms with van der Waals surface area (Å²) in [4.78, 5) is 14.7. The predicted octanol–water partition coefficient (Wildman–Crippen LogP) is 1.68. The molecule has 8 nitrogen and oxygen atoms in total. The van der Waals surface area contributed by atoms with Crippen LogP contribution in [0.25, 0.3) is 0 Å². The number of hydrogen-bond donors (Lipinski definition) is 0. The molecule has 0 radical (unpaired) electrons. The normalized spacial score (nSPS) is 21.1. The summed E-state index contributed by atoms with van der Waals surface area (Å²) in [5.74, 6) is -0.676. The molecule has 0 spiro atoms. The van der Waals surface area contributed by atoms with Crippen molar-refractivity contribution in [2.24, 2.45) is 0 Å². The Labute approximate surface area is 192 Å². The molecule has 0 N–H and O–H groups in total. The minimum atomic E-state index is -3.73. The van der Waals surface area contributed by atoms with Crippen molar-refractivity contribution < 1.29 is 30.8 Å². The van der Waals surface area contributed by atoms with Gasteiger partial charge in [-0.15, -0.1) is 0 Å². The standard InChI is InChI=1S/C22H25FN2O6S2/c23-18-7-5-17(6-8-18)15-31-21-4-2-1-3-20(21)22(26)24-10-12-25(13-11-24)33(29,30)19-9-14-32(27,28)16-19/h1-8,19H,9-16H2/t19-/m1/s1. The lowest BCUT2D eigenvalue weighted by Crippen LogP contribution is -2.52. The number of ether oxygens (including phenoxy) is 1. The summed E-state index contributed by atoms with van der Waals surface area (Å²) in [5.41, 5.74) is 1.12. The molecule has 1 amide bonds. The molecule has 0 saturated carbocycles. The van der Waals surface area contributed by atoms with Gasteiger partial charge in [0.05, 0.1) is 22.3 Å². The monoisotopic (exact) mass is 496 g/mol. The van der Waals surface area contributed by atoms with Gasteiger partial charge in [0, 0.05) is 26.2 Å². The Kier molecular flexibility index (Phi) is 6.73. The van der Waals surface area contributed by atoms with Gasteiger partial charge in [-0.3, -0.25) is 4.79 Å². The highest BCUT2D eigenvalue weighted by molar-refractivity contribution is 7.95. The van der Waals surface area contributed by atoms with Crippen LogP contribution in [0.3, 0.4) is 0 Å². The second-order valence-electron chi connectivity index (χ2n) is 8.17. The highest BCUT2D eigenvalue weighted by Gasteiger charge is 2.41.